The minimum absolute atomic E-state index is 0.137. The molecule has 2 atom stereocenters. The summed E-state index contributed by atoms with van der Waals surface area (Å²) < 4.78 is 0. The molecule has 1 fully saturated rings. The molecule has 0 aromatic heterocycles. The van der Waals surface area contributed by atoms with Crippen LogP contribution >= 0.6 is 11.8 Å². The molecule has 0 radical (unpaired) electrons. The van der Waals surface area contributed by atoms with Gasteiger partial charge in [-0.05, 0) is 38.3 Å². The fourth-order valence-electron chi connectivity index (χ4n) is 2.30. The molecule has 0 heterocycles. The standard InChI is InChI=1S/C15H23NOS/c1-12(18-14-6-4-3-5-7-14)10-15(2,11-17)16-13-8-9-13/h3-7,12-13,16-17H,8-11H2,1-2H3. The second-order valence-corrected chi connectivity index (χ2v) is 7.09. The quantitative estimate of drug-likeness (QED) is 0.743. The summed E-state index contributed by atoms with van der Waals surface area (Å²) in [6, 6.07) is 11.1. The van der Waals surface area contributed by atoms with E-state index in [1.807, 2.05) is 17.8 Å². The summed E-state index contributed by atoms with van der Waals surface area (Å²) in [6.07, 6.45) is 3.51. The highest BCUT2D eigenvalue weighted by Crippen LogP contribution is 2.30. The van der Waals surface area contributed by atoms with Crippen LogP contribution in [-0.2, 0) is 0 Å². The summed E-state index contributed by atoms with van der Waals surface area (Å²) in [7, 11) is 0. The zero-order chi connectivity index (χ0) is 13.0. The van der Waals surface area contributed by atoms with Crippen molar-refractivity contribution in [1.29, 1.82) is 0 Å². The van der Waals surface area contributed by atoms with Gasteiger partial charge in [0.1, 0.15) is 0 Å². The first-order valence-electron chi connectivity index (χ1n) is 6.71. The maximum absolute atomic E-state index is 9.61. The van der Waals surface area contributed by atoms with Crippen LogP contribution in [0.1, 0.15) is 33.1 Å². The molecule has 2 nitrogen and oxygen atoms in total. The minimum atomic E-state index is -0.137. The van der Waals surface area contributed by atoms with Crippen molar-refractivity contribution in [1.82, 2.24) is 5.32 Å². The lowest BCUT2D eigenvalue weighted by molar-refractivity contribution is 0.164. The van der Waals surface area contributed by atoms with Crippen molar-refractivity contribution in [2.24, 2.45) is 0 Å². The van der Waals surface area contributed by atoms with Crippen molar-refractivity contribution >= 4 is 11.8 Å². The Morgan fingerprint density at radius 1 is 1.39 bits per heavy atom. The van der Waals surface area contributed by atoms with E-state index in [4.69, 9.17) is 0 Å². The van der Waals surface area contributed by atoms with Crippen LogP contribution in [0.3, 0.4) is 0 Å². The highest BCUT2D eigenvalue weighted by atomic mass is 32.2. The van der Waals surface area contributed by atoms with E-state index in [2.05, 4.69) is 43.4 Å². The summed E-state index contributed by atoms with van der Waals surface area (Å²) in [4.78, 5) is 1.30. The lowest BCUT2D eigenvalue weighted by Gasteiger charge is -2.31. The van der Waals surface area contributed by atoms with E-state index >= 15 is 0 Å². The molecule has 18 heavy (non-hydrogen) atoms. The van der Waals surface area contributed by atoms with Gasteiger partial charge < -0.3 is 10.4 Å². The van der Waals surface area contributed by atoms with Crippen LogP contribution in [0.2, 0.25) is 0 Å². The van der Waals surface area contributed by atoms with E-state index in [-0.39, 0.29) is 12.1 Å². The van der Waals surface area contributed by atoms with E-state index in [0.29, 0.717) is 11.3 Å². The van der Waals surface area contributed by atoms with Crippen molar-refractivity contribution in [3.05, 3.63) is 30.3 Å². The van der Waals surface area contributed by atoms with Gasteiger partial charge in [-0.25, -0.2) is 0 Å². The maximum atomic E-state index is 9.61. The third kappa shape index (κ3) is 4.30. The molecule has 1 aromatic rings. The van der Waals surface area contributed by atoms with Gasteiger partial charge in [0.05, 0.1) is 6.61 Å². The summed E-state index contributed by atoms with van der Waals surface area (Å²) >= 11 is 1.88. The molecule has 0 aliphatic heterocycles. The smallest absolute Gasteiger partial charge is 0.0611 e. The second-order valence-electron chi connectivity index (χ2n) is 5.58. The Morgan fingerprint density at radius 3 is 2.61 bits per heavy atom. The van der Waals surface area contributed by atoms with Crippen molar-refractivity contribution in [3.8, 4) is 0 Å². The second kappa shape index (κ2) is 6.09. The van der Waals surface area contributed by atoms with Crippen molar-refractivity contribution in [2.45, 2.75) is 54.8 Å². The van der Waals surface area contributed by atoms with E-state index in [0.717, 1.165) is 6.42 Å². The number of rotatable bonds is 7. The Balaban J connectivity index is 1.86. The monoisotopic (exact) mass is 265 g/mol. The average Bonchev–Trinajstić information content (AvgIpc) is 3.13. The van der Waals surface area contributed by atoms with Crippen molar-refractivity contribution in [2.75, 3.05) is 6.61 Å². The van der Waals surface area contributed by atoms with Gasteiger partial charge in [0.15, 0.2) is 0 Å². The summed E-state index contributed by atoms with van der Waals surface area (Å²) in [6.45, 7) is 4.58. The molecular weight excluding hydrogens is 242 g/mol. The molecule has 0 bridgehead atoms. The highest BCUT2D eigenvalue weighted by Gasteiger charge is 2.33. The molecule has 1 aliphatic carbocycles. The van der Waals surface area contributed by atoms with E-state index in [1.165, 1.54) is 17.7 Å². The summed E-state index contributed by atoms with van der Waals surface area (Å²) in [5.74, 6) is 0. The first-order chi connectivity index (χ1) is 8.61. The van der Waals surface area contributed by atoms with Crippen LogP contribution in [0, 0.1) is 0 Å². The molecule has 0 saturated heterocycles. The van der Waals surface area contributed by atoms with Gasteiger partial charge in [0, 0.05) is 21.7 Å². The van der Waals surface area contributed by atoms with Crippen LogP contribution < -0.4 is 5.32 Å². The molecule has 3 heteroatoms. The predicted molar refractivity (Wildman–Crippen MR) is 78.0 cm³/mol. The molecule has 2 N–H and O–H groups in total. The molecule has 2 rings (SSSR count). The zero-order valence-electron chi connectivity index (χ0n) is 11.2. The number of hydrogen-bond donors (Lipinski definition) is 2. The first-order valence-corrected chi connectivity index (χ1v) is 7.59. The minimum Gasteiger partial charge on any atom is -0.394 e. The van der Waals surface area contributed by atoms with Gasteiger partial charge in [-0.3, -0.25) is 0 Å². The normalized spacial score (nSPS) is 20.4. The first kappa shape index (κ1) is 13.9. The largest absolute Gasteiger partial charge is 0.394 e. The van der Waals surface area contributed by atoms with Crippen LogP contribution in [0.4, 0.5) is 0 Å². The average molecular weight is 265 g/mol. The van der Waals surface area contributed by atoms with Gasteiger partial charge in [-0.2, -0.15) is 0 Å². The van der Waals surface area contributed by atoms with Gasteiger partial charge >= 0.3 is 0 Å². The van der Waals surface area contributed by atoms with Gasteiger partial charge in [0.2, 0.25) is 0 Å². The molecule has 1 aliphatic rings. The Kier molecular flexibility index (Phi) is 4.71. The Morgan fingerprint density at radius 2 is 2.06 bits per heavy atom. The Labute approximate surface area is 114 Å². The van der Waals surface area contributed by atoms with E-state index in [1.54, 1.807) is 0 Å². The van der Waals surface area contributed by atoms with Gasteiger partial charge in [0.25, 0.3) is 0 Å². The number of aliphatic hydroxyl groups excluding tert-OH is 1. The van der Waals surface area contributed by atoms with E-state index < -0.39 is 0 Å². The Hall–Kier alpha value is -0.510. The number of aliphatic hydroxyl groups is 1. The maximum Gasteiger partial charge on any atom is 0.0611 e. The predicted octanol–water partition coefficient (Wildman–Crippen LogP) is 3.06. The molecule has 2 unspecified atom stereocenters. The Bertz CT molecular complexity index is 366. The van der Waals surface area contributed by atoms with Crippen LogP contribution in [-0.4, -0.2) is 28.5 Å². The number of nitrogens with one attached hydrogen (secondary N) is 1. The van der Waals surface area contributed by atoms with Crippen LogP contribution in [0.15, 0.2) is 35.2 Å². The summed E-state index contributed by atoms with van der Waals surface area (Å²) in [5, 5.41) is 13.7. The zero-order valence-corrected chi connectivity index (χ0v) is 12.0. The highest BCUT2D eigenvalue weighted by molar-refractivity contribution is 7.99. The lowest BCUT2D eigenvalue weighted by Crippen LogP contribution is -2.48. The topological polar surface area (TPSA) is 32.3 Å². The molecule has 0 amide bonds. The summed E-state index contributed by atoms with van der Waals surface area (Å²) in [5.41, 5.74) is -0.137. The number of hydrogen-bond acceptors (Lipinski definition) is 3. The van der Waals surface area contributed by atoms with E-state index in [9.17, 15) is 5.11 Å². The molecule has 0 spiro atoms. The van der Waals surface area contributed by atoms with Crippen molar-refractivity contribution < 1.29 is 5.11 Å². The third-order valence-corrected chi connectivity index (χ3v) is 4.41. The SMILES string of the molecule is CC(CC(C)(CO)NC1CC1)Sc1ccccc1. The molecule has 1 aromatic carbocycles. The van der Waals surface area contributed by atoms with Crippen LogP contribution in [0.5, 0.6) is 0 Å². The fraction of sp³-hybridized carbons (Fsp3) is 0.600. The number of benzene rings is 1. The van der Waals surface area contributed by atoms with Gasteiger partial charge in [-0.15, -0.1) is 11.8 Å². The number of thioether (sulfide) groups is 1. The van der Waals surface area contributed by atoms with Crippen molar-refractivity contribution in [3.63, 3.8) is 0 Å². The molecular formula is C15H23NOS. The van der Waals surface area contributed by atoms with Gasteiger partial charge in [-0.1, -0.05) is 25.1 Å². The fourth-order valence-corrected chi connectivity index (χ4v) is 3.53. The lowest BCUT2D eigenvalue weighted by atomic mass is 9.97. The molecule has 100 valence electrons. The van der Waals surface area contributed by atoms with Crippen LogP contribution in [0.25, 0.3) is 0 Å². The molecule has 1 saturated carbocycles. The third-order valence-electron chi connectivity index (χ3n) is 3.30.